The van der Waals surface area contributed by atoms with Gasteiger partial charge >= 0.3 is 0 Å². The Morgan fingerprint density at radius 3 is 3.11 bits per heavy atom. The maximum atomic E-state index is 3.25. The molecule has 2 aliphatic rings. The third-order valence-electron chi connectivity index (χ3n) is 4.49. The number of nitrogens with zero attached hydrogens (tertiary/aromatic N) is 2. The van der Waals surface area contributed by atoms with Crippen LogP contribution in [0.15, 0.2) is 6.07 Å². The van der Waals surface area contributed by atoms with Crippen molar-refractivity contribution in [3.8, 4) is 0 Å². The standard InChI is InChI=1S/C15H25N3S/c1-12-13(8-15(19-12)9-16-2)10-17-6-7-18-5-3-4-14(18)11-17/h8,14,16H,3-7,9-11H2,1-2H3. The van der Waals surface area contributed by atoms with Gasteiger partial charge in [-0.05, 0) is 45.0 Å². The number of piperazine rings is 1. The van der Waals surface area contributed by atoms with E-state index in [1.165, 1.54) is 48.8 Å². The molecule has 3 rings (SSSR count). The van der Waals surface area contributed by atoms with Crippen molar-refractivity contribution >= 4 is 11.3 Å². The largest absolute Gasteiger partial charge is 0.315 e. The minimum absolute atomic E-state index is 0.837. The van der Waals surface area contributed by atoms with Gasteiger partial charge in [-0.15, -0.1) is 11.3 Å². The minimum Gasteiger partial charge on any atom is -0.315 e. The minimum atomic E-state index is 0.837. The number of aryl methyl sites for hydroxylation is 1. The predicted molar refractivity (Wildman–Crippen MR) is 81.7 cm³/mol. The molecule has 0 bridgehead atoms. The lowest BCUT2D eigenvalue weighted by Crippen LogP contribution is -2.49. The number of fused-ring (bicyclic) bond motifs is 1. The summed E-state index contributed by atoms with van der Waals surface area (Å²) in [5.41, 5.74) is 1.54. The van der Waals surface area contributed by atoms with Crippen molar-refractivity contribution < 1.29 is 0 Å². The zero-order valence-electron chi connectivity index (χ0n) is 12.1. The summed E-state index contributed by atoms with van der Waals surface area (Å²) in [5, 5.41) is 3.25. The Morgan fingerprint density at radius 2 is 2.26 bits per heavy atom. The predicted octanol–water partition coefficient (Wildman–Crippen LogP) is 2.06. The number of nitrogens with one attached hydrogen (secondary N) is 1. The zero-order valence-corrected chi connectivity index (χ0v) is 12.9. The Morgan fingerprint density at radius 1 is 1.37 bits per heavy atom. The lowest BCUT2D eigenvalue weighted by Gasteiger charge is -2.37. The van der Waals surface area contributed by atoms with Gasteiger partial charge in [0.1, 0.15) is 0 Å². The van der Waals surface area contributed by atoms with Crippen molar-refractivity contribution in [3.63, 3.8) is 0 Å². The summed E-state index contributed by atoms with van der Waals surface area (Å²) in [6, 6.07) is 3.24. The molecule has 0 amide bonds. The molecule has 1 N–H and O–H groups in total. The fraction of sp³-hybridized carbons (Fsp3) is 0.733. The van der Waals surface area contributed by atoms with E-state index in [9.17, 15) is 0 Å². The molecule has 106 valence electrons. The van der Waals surface area contributed by atoms with Crippen molar-refractivity contribution in [2.24, 2.45) is 0 Å². The highest BCUT2D eigenvalue weighted by Gasteiger charge is 2.30. The van der Waals surface area contributed by atoms with Gasteiger partial charge < -0.3 is 5.32 Å². The molecule has 1 aromatic heterocycles. The fourth-order valence-electron chi connectivity index (χ4n) is 3.45. The van der Waals surface area contributed by atoms with Crippen LogP contribution in [0.2, 0.25) is 0 Å². The second-order valence-electron chi connectivity index (χ2n) is 5.89. The molecule has 0 spiro atoms. The first-order valence-corrected chi connectivity index (χ1v) is 8.27. The van der Waals surface area contributed by atoms with Crippen LogP contribution in [-0.4, -0.2) is 49.1 Å². The Balaban J connectivity index is 1.61. The van der Waals surface area contributed by atoms with Gasteiger partial charge in [-0.25, -0.2) is 0 Å². The van der Waals surface area contributed by atoms with Gasteiger partial charge in [0.2, 0.25) is 0 Å². The SMILES string of the molecule is CNCc1cc(CN2CCN3CCCC3C2)c(C)s1. The molecule has 1 atom stereocenters. The first kappa shape index (κ1) is 13.6. The maximum absolute atomic E-state index is 3.25. The molecule has 3 heterocycles. The summed E-state index contributed by atoms with van der Waals surface area (Å²) in [6.45, 7) is 9.55. The lowest BCUT2D eigenvalue weighted by molar-refractivity contribution is 0.0993. The maximum Gasteiger partial charge on any atom is 0.0296 e. The average molecular weight is 279 g/mol. The summed E-state index contributed by atoms with van der Waals surface area (Å²) in [7, 11) is 2.02. The van der Waals surface area contributed by atoms with Crippen LogP contribution in [-0.2, 0) is 13.1 Å². The van der Waals surface area contributed by atoms with Gasteiger partial charge in [-0.2, -0.15) is 0 Å². The second-order valence-corrected chi connectivity index (χ2v) is 7.23. The second kappa shape index (κ2) is 5.92. The van der Waals surface area contributed by atoms with Gasteiger partial charge in [-0.3, -0.25) is 9.80 Å². The first-order chi connectivity index (χ1) is 9.26. The van der Waals surface area contributed by atoms with E-state index in [1.54, 1.807) is 5.56 Å². The Labute approximate surface area is 120 Å². The molecule has 2 fully saturated rings. The van der Waals surface area contributed by atoms with E-state index in [2.05, 4.69) is 28.1 Å². The van der Waals surface area contributed by atoms with Crippen molar-refractivity contribution in [3.05, 3.63) is 21.4 Å². The number of hydrogen-bond donors (Lipinski definition) is 1. The van der Waals surface area contributed by atoms with E-state index in [1.807, 2.05) is 18.4 Å². The zero-order chi connectivity index (χ0) is 13.2. The molecule has 19 heavy (non-hydrogen) atoms. The summed E-state index contributed by atoms with van der Waals surface area (Å²) in [6.07, 6.45) is 2.81. The van der Waals surface area contributed by atoms with Crippen LogP contribution in [0.25, 0.3) is 0 Å². The highest BCUT2D eigenvalue weighted by atomic mass is 32.1. The Bertz CT molecular complexity index is 429. The Hall–Kier alpha value is -0.420. The fourth-order valence-corrected chi connectivity index (χ4v) is 4.51. The van der Waals surface area contributed by atoms with Crippen LogP contribution in [0.4, 0.5) is 0 Å². The lowest BCUT2D eigenvalue weighted by atomic mass is 10.1. The molecule has 1 unspecified atom stereocenters. The molecule has 0 aliphatic carbocycles. The van der Waals surface area contributed by atoms with Gasteiger partial charge in [0, 0.05) is 48.5 Å². The molecular formula is C15H25N3S. The van der Waals surface area contributed by atoms with Crippen LogP contribution >= 0.6 is 11.3 Å². The highest BCUT2D eigenvalue weighted by molar-refractivity contribution is 7.12. The molecule has 0 aromatic carbocycles. The van der Waals surface area contributed by atoms with Crippen LogP contribution in [0.5, 0.6) is 0 Å². The highest BCUT2D eigenvalue weighted by Crippen LogP contribution is 2.26. The normalized spacial score (nSPS) is 24.8. The molecule has 3 nitrogen and oxygen atoms in total. The van der Waals surface area contributed by atoms with Gasteiger partial charge in [0.25, 0.3) is 0 Å². The molecule has 1 aromatic rings. The van der Waals surface area contributed by atoms with Gasteiger partial charge in [0.05, 0.1) is 0 Å². The van der Waals surface area contributed by atoms with Crippen LogP contribution < -0.4 is 5.32 Å². The Kier molecular flexibility index (Phi) is 4.22. The monoisotopic (exact) mass is 279 g/mol. The molecule has 2 aliphatic heterocycles. The summed E-state index contributed by atoms with van der Waals surface area (Å²) in [5.74, 6) is 0. The third kappa shape index (κ3) is 3.02. The van der Waals surface area contributed by atoms with Crippen LogP contribution in [0.3, 0.4) is 0 Å². The molecular weight excluding hydrogens is 254 g/mol. The van der Waals surface area contributed by atoms with E-state index in [-0.39, 0.29) is 0 Å². The van der Waals surface area contributed by atoms with E-state index in [0.717, 1.165) is 19.1 Å². The van der Waals surface area contributed by atoms with Crippen molar-refractivity contribution in [2.45, 2.75) is 38.9 Å². The van der Waals surface area contributed by atoms with Crippen LogP contribution in [0, 0.1) is 6.92 Å². The summed E-state index contributed by atoms with van der Waals surface area (Å²) in [4.78, 5) is 8.31. The van der Waals surface area contributed by atoms with E-state index >= 15 is 0 Å². The molecule has 4 heteroatoms. The quantitative estimate of drug-likeness (QED) is 0.910. The van der Waals surface area contributed by atoms with Gasteiger partial charge in [-0.1, -0.05) is 0 Å². The molecule has 2 saturated heterocycles. The first-order valence-electron chi connectivity index (χ1n) is 7.45. The summed E-state index contributed by atoms with van der Waals surface area (Å²) >= 11 is 1.95. The topological polar surface area (TPSA) is 18.5 Å². The van der Waals surface area contributed by atoms with E-state index in [4.69, 9.17) is 0 Å². The average Bonchev–Trinajstić information content (AvgIpc) is 2.97. The smallest absolute Gasteiger partial charge is 0.0296 e. The van der Waals surface area contributed by atoms with Crippen molar-refractivity contribution in [1.29, 1.82) is 0 Å². The van der Waals surface area contributed by atoms with E-state index < -0.39 is 0 Å². The molecule has 0 saturated carbocycles. The number of hydrogen-bond acceptors (Lipinski definition) is 4. The third-order valence-corrected chi connectivity index (χ3v) is 5.58. The molecule has 0 radical (unpaired) electrons. The number of thiophene rings is 1. The van der Waals surface area contributed by atoms with E-state index in [0.29, 0.717) is 0 Å². The van der Waals surface area contributed by atoms with Crippen molar-refractivity contribution in [1.82, 2.24) is 15.1 Å². The van der Waals surface area contributed by atoms with Gasteiger partial charge in [0.15, 0.2) is 0 Å². The number of rotatable bonds is 4. The van der Waals surface area contributed by atoms with Crippen molar-refractivity contribution in [2.75, 3.05) is 33.2 Å². The summed E-state index contributed by atoms with van der Waals surface area (Å²) < 4.78 is 0. The van der Waals surface area contributed by atoms with Crippen LogP contribution in [0.1, 0.15) is 28.2 Å².